The summed E-state index contributed by atoms with van der Waals surface area (Å²) in [5, 5.41) is 13.0. The van der Waals surface area contributed by atoms with Crippen LogP contribution in [0.3, 0.4) is 0 Å². The highest BCUT2D eigenvalue weighted by Gasteiger charge is 2.50. The molecular formula is C27H36F3N5O3S. The number of nitrogens with zero attached hydrogens (tertiary/aromatic N) is 4. The fourth-order valence-electron chi connectivity index (χ4n) is 6.17. The Morgan fingerprint density at radius 3 is 2.44 bits per heavy atom. The van der Waals surface area contributed by atoms with Crippen molar-refractivity contribution in [1.82, 2.24) is 14.9 Å². The van der Waals surface area contributed by atoms with E-state index >= 15 is 0 Å². The molecular weight excluding hydrogens is 531 g/mol. The number of aryl methyl sites for hydroxylation is 1. The first-order valence-electron chi connectivity index (χ1n) is 13.4. The zero-order valence-electron chi connectivity index (χ0n) is 22.6. The van der Waals surface area contributed by atoms with Gasteiger partial charge in [-0.3, -0.25) is 0 Å². The Labute approximate surface area is 227 Å². The van der Waals surface area contributed by atoms with Crippen molar-refractivity contribution in [3.63, 3.8) is 0 Å². The zero-order chi connectivity index (χ0) is 28.2. The number of benzene rings is 1. The smallest absolute Gasteiger partial charge is 0.388 e. The van der Waals surface area contributed by atoms with E-state index in [0.29, 0.717) is 43.5 Å². The van der Waals surface area contributed by atoms with E-state index in [1.54, 1.807) is 26.0 Å². The summed E-state index contributed by atoms with van der Waals surface area (Å²) in [6.45, 7) is 5.70. The summed E-state index contributed by atoms with van der Waals surface area (Å²) >= 11 is 0. The highest BCUT2D eigenvalue weighted by atomic mass is 32.2. The van der Waals surface area contributed by atoms with Crippen molar-refractivity contribution in [3.8, 4) is 0 Å². The van der Waals surface area contributed by atoms with Crippen LogP contribution >= 0.6 is 0 Å². The Bertz CT molecular complexity index is 1330. The van der Waals surface area contributed by atoms with E-state index in [-0.39, 0.29) is 33.9 Å². The van der Waals surface area contributed by atoms with Crippen LogP contribution < -0.4 is 10.2 Å². The monoisotopic (exact) mass is 567 g/mol. The standard InChI is InChI=1S/C27H36F3N5O3S/c1-18-13-19(39(37,38)20-14-26(15-20)8-11-34(3)12-9-26)5-6-22(18)32-24-31-16-21(27(28,29)30)23(33-24)35-10-4-7-25(2,36)17-35/h5-6,13,16,20,36H,4,7-12,14-15,17H2,1-3H3,(H,31,32,33). The lowest BCUT2D eigenvalue weighted by atomic mass is 9.63. The highest BCUT2D eigenvalue weighted by molar-refractivity contribution is 7.92. The van der Waals surface area contributed by atoms with Crippen molar-refractivity contribution in [1.29, 1.82) is 0 Å². The fraction of sp³-hybridized carbons (Fsp3) is 0.630. The Balaban J connectivity index is 1.34. The molecule has 1 aromatic heterocycles. The van der Waals surface area contributed by atoms with E-state index in [1.165, 1.54) is 11.0 Å². The molecule has 8 nitrogen and oxygen atoms in total. The number of sulfone groups is 1. The normalized spacial score (nSPS) is 24.5. The molecule has 214 valence electrons. The maximum atomic E-state index is 13.8. The van der Waals surface area contributed by atoms with Crippen molar-refractivity contribution < 1.29 is 26.7 Å². The molecule has 12 heteroatoms. The summed E-state index contributed by atoms with van der Waals surface area (Å²) in [5.41, 5.74) is -0.821. The third-order valence-corrected chi connectivity index (χ3v) is 10.8. The van der Waals surface area contributed by atoms with Crippen molar-refractivity contribution in [2.45, 2.75) is 74.3 Å². The van der Waals surface area contributed by atoms with Gasteiger partial charge in [0.1, 0.15) is 11.4 Å². The van der Waals surface area contributed by atoms with Gasteiger partial charge in [-0.1, -0.05) is 0 Å². The molecule has 3 fully saturated rings. The van der Waals surface area contributed by atoms with Crippen molar-refractivity contribution >= 4 is 27.3 Å². The Morgan fingerprint density at radius 1 is 1.13 bits per heavy atom. The van der Waals surface area contributed by atoms with Crippen molar-refractivity contribution in [2.24, 2.45) is 5.41 Å². The topological polar surface area (TPSA) is 98.7 Å². The number of β-amino-alcohol motifs (C(OH)–C–C–N with tert-alkyl or cyclic N) is 1. The van der Waals surface area contributed by atoms with Crippen LogP contribution in [0, 0.1) is 12.3 Å². The molecule has 3 aliphatic rings. The Hall–Kier alpha value is -2.44. The number of aliphatic hydroxyl groups is 1. The van der Waals surface area contributed by atoms with Gasteiger partial charge in [0, 0.05) is 25.0 Å². The van der Waals surface area contributed by atoms with Crippen LogP contribution in [0.4, 0.5) is 30.6 Å². The van der Waals surface area contributed by atoms with E-state index in [9.17, 15) is 26.7 Å². The average Bonchev–Trinajstić information content (AvgIpc) is 2.83. The molecule has 1 aromatic carbocycles. The molecule has 5 rings (SSSR count). The Kier molecular flexibility index (Phi) is 7.12. The third kappa shape index (κ3) is 5.74. The van der Waals surface area contributed by atoms with Crippen LogP contribution in [0.2, 0.25) is 0 Å². The van der Waals surface area contributed by atoms with Gasteiger partial charge in [-0.15, -0.1) is 0 Å². The average molecular weight is 568 g/mol. The van der Waals surface area contributed by atoms with Crippen LogP contribution in [-0.4, -0.2) is 72.5 Å². The minimum absolute atomic E-state index is 0.0251. The van der Waals surface area contributed by atoms with Gasteiger partial charge in [0.05, 0.1) is 15.7 Å². The summed E-state index contributed by atoms with van der Waals surface area (Å²) in [6.07, 6.45) is 0.554. The summed E-state index contributed by atoms with van der Waals surface area (Å²) in [5.74, 6) is -0.324. The number of rotatable bonds is 5. The van der Waals surface area contributed by atoms with E-state index in [2.05, 4.69) is 27.2 Å². The van der Waals surface area contributed by atoms with Crippen molar-refractivity contribution in [2.75, 3.05) is 43.4 Å². The molecule has 2 N–H and O–H groups in total. The maximum Gasteiger partial charge on any atom is 0.421 e. The van der Waals surface area contributed by atoms with Crippen LogP contribution in [0.15, 0.2) is 29.3 Å². The Morgan fingerprint density at radius 2 is 1.82 bits per heavy atom. The first kappa shape index (κ1) is 28.1. The predicted octanol–water partition coefficient (Wildman–Crippen LogP) is 4.55. The van der Waals surface area contributed by atoms with E-state index in [1.807, 2.05) is 0 Å². The molecule has 1 spiro atoms. The van der Waals surface area contributed by atoms with Crippen LogP contribution in [0.1, 0.15) is 56.6 Å². The van der Waals surface area contributed by atoms with Crippen LogP contribution in [0.25, 0.3) is 0 Å². The molecule has 1 unspecified atom stereocenters. The SMILES string of the molecule is Cc1cc(S(=O)(=O)C2CC3(CCN(C)CC3)C2)ccc1Nc1ncc(C(F)(F)F)c(N2CCCC(C)(O)C2)n1. The summed E-state index contributed by atoms with van der Waals surface area (Å²) in [4.78, 5) is 12.1. The van der Waals surface area contributed by atoms with E-state index in [0.717, 1.165) is 32.1 Å². The molecule has 0 radical (unpaired) electrons. The predicted molar refractivity (Wildman–Crippen MR) is 143 cm³/mol. The lowest BCUT2D eigenvalue weighted by Crippen LogP contribution is -2.50. The number of aromatic nitrogens is 2. The molecule has 1 saturated carbocycles. The number of piperidine rings is 2. The highest BCUT2D eigenvalue weighted by Crippen LogP contribution is 2.52. The molecule has 3 heterocycles. The summed E-state index contributed by atoms with van der Waals surface area (Å²) in [7, 11) is -1.40. The number of anilines is 3. The second-order valence-electron chi connectivity index (χ2n) is 11.9. The summed E-state index contributed by atoms with van der Waals surface area (Å²) < 4.78 is 68.0. The number of alkyl halides is 3. The van der Waals surface area contributed by atoms with Gasteiger partial charge in [-0.25, -0.2) is 13.4 Å². The number of likely N-dealkylation sites (tertiary alicyclic amines) is 1. The van der Waals surface area contributed by atoms with Gasteiger partial charge in [0.25, 0.3) is 0 Å². The fourth-order valence-corrected chi connectivity index (χ4v) is 8.30. The number of hydrogen-bond acceptors (Lipinski definition) is 8. The number of nitrogens with one attached hydrogen (secondary N) is 1. The maximum absolute atomic E-state index is 13.8. The molecule has 2 saturated heterocycles. The van der Waals surface area contributed by atoms with Gasteiger partial charge in [0.2, 0.25) is 5.95 Å². The van der Waals surface area contributed by atoms with Gasteiger partial charge in [0.15, 0.2) is 9.84 Å². The van der Waals surface area contributed by atoms with Crippen LogP contribution in [-0.2, 0) is 16.0 Å². The number of halogens is 3. The molecule has 2 aromatic rings. The first-order chi connectivity index (χ1) is 18.2. The van der Waals surface area contributed by atoms with Gasteiger partial charge < -0.3 is 20.2 Å². The molecule has 1 atom stereocenters. The third-order valence-electron chi connectivity index (χ3n) is 8.63. The quantitative estimate of drug-likeness (QED) is 0.543. The molecule has 2 aliphatic heterocycles. The van der Waals surface area contributed by atoms with E-state index < -0.39 is 27.2 Å². The minimum Gasteiger partial charge on any atom is -0.388 e. The minimum atomic E-state index is -4.66. The summed E-state index contributed by atoms with van der Waals surface area (Å²) in [6, 6.07) is 4.75. The van der Waals surface area contributed by atoms with Crippen LogP contribution in [0.5, 0.6) is 0 Å². The first-order valence-corrected chi connectivity index (χ1v) is 14.9. The van der Waals surface area contributed by atoms with E-state index in [4.69, 9.17) is 0 Å². The second kappa shape index (κ2) is 9.88. The van der Waals surface area contributed by atoms with Gasteiger partial charge >= 0.3 is 6.18 Å². The largest absolute Gasteiger partial charge is 0.421 e. The molecule has 0 amide bonds. The lowest BCUT2D eigenvalue weighted by molar-refractivity contribution is -0.137. The number of hydrogen-bond donors (Lipinski definition) is 2. The van der Waals surface area contributed by atoms with Gasteiger partial charge in [-0.05, 0) is 102 Å². The lowest BCUT2D eigenvalue weighted by Gasteiger charge is -2.51. The zero-order valence-corrected chi connectivity index (χ0v) is 23.4. The molecule has 1 aliphatic carbocycles. The second-order valence-corrected chi connectivity index (χ2v) is 14.2. The molecule has 0 bridgehead atoms. The van der Waals surface area contributed by atoms with Crippen molar-refractivity contribution in [3.05, 3.63) is 35.5 Å². The molecule has 39 heavy (non-hydrogen) atoms. The van der Waals surface area contributed by atoms with Gasteiger partial charge in [-0.2, -0.15) is 18.2 Å².